The van der Waals surface area contributed by atoms with Gasteiger partial charge in [0.05, 0.1) is 18.0 Å². The van der Waals surface area contributed by atoms with Crippen molar-refractivity contribution >= 4 is 17.5 Å². The van der Waals surface area contributed by atoms with Crippen molar-refractivity contribution in [1.29, 1.82) is 0 Å². The molecule has 2 aliphatic heterocycles. The molecule has 7 heteroatoms. The minimum atomic E-state index is -0.240. The van der Waals surface area contributed by atoms with Crippen molar-refractivity contribution in [2.45, 2.75) is 50.2 Å². The summed E-state index contributed by atoms with van der Waals surface area (Å²) in [5, 5.41) is 6.88. The van der Waals surface area contributed by atoms with E-state index in [1.807, 2.05) is 6.07 Å². The summed E-state index contributed by atoms with van der Waals surface area (Å²) in [4.78, 5) is 35.9. The number of anilines is 1. The summed E-state index contributed by atoms with van der Waals surface area (Å²) in [7, 11) is 0. The summed E-state index contributed by atoms with van der Waals surface area (Å²) in [6.07, 6.45) is 7.81. The number of imidazole rings is 1. The van der Waals surface area contributed by atoms with E-state index in [0.29, 0.717) is 11.7 Å². The molecule has 6 rings (SSSR count). The van der Waals surface area contributed by atoms with E-state index in [4.69, 9.17) is 0 Å². The quantitative estimate of drug-likeness (QED) is 0.526. The Labute approximate surface area is 205 Å². The van der Waals surface area contributed by atoms with Crippen molar-refractivity contribution in [1.82, 2.24) is 20.2 Å². The highest BCUT2D eigenvalue weighted by molar-refractivity contribution is 5.91. The standard InChI is InChI=1S/C28H31N5O2/c34-27(26-29-15-16-30-26)32-23-13-7-5-11-20(23)28(35)33-17-14-21-24(18-8-2-1-3-9-18)31-22-12-6-4-10-19(22)25(21)33/h1-4,6,8-10,12,15-16,20-21,23-25,31H,5,7,11,13-14,17H2,(H,29,30)(H,32,34)/t20-,21+,23+,24-,25-/m0/s1. The highest BCUT2D eigenvalue weighted by Crippen LogP contribution is 2.51. The Morgan fingerprint density at radius 2 is 1.77 bits per heavy atom. The molecule has 1 saturated heterocycles. The molecular formula is C28H31N5O2. The maximum absolute atomic E-state index is 14.1. The Morgan fingerprint density at radius 3 is 2.60 bits per heavy atom. The lowest BCUT2D eigenvalue weighted by molar-refractivity contribution is -0.138. The third-order valence-corrected chi connectivity index (χ3v) is 8.02. The van der Waals surface area contributed by atoms with Crippen molar-refractivity contribution in [3.63, 3.8) is 0 Å². The summed E-state index contributed by atoms with van der Waals surface area (Å²) in [5.74, 6) is 0.316. The molecule has 7 nitrogen and oxygen atoms in total. The number of H-pyrrole nitrogens is 1. The van der Waals surface area contributed by atoms with Gasteiger partial charge in [-0.05, 0) is 36.5 Å². The molecule has 1 aromatic heterocycles. The van der Waals surface area contributed by atoms with Crippen LogP contribution in [0.3, 0.4) is 0 Å². The zero-order valence-electron chi connectivity index (χ0n) is 19.7. The van der Waals surface area contributed by atoms with Crippen LogP contribution in [0.4, 0.5) is 5.69 Å². The van der Waals surface area contributed by atoms with Gasteiger partial charge in [-0.3, -0.25) is 9.59 Å². The number of nitrogens with zero attached hydrogens (tertiary/aromatic N) is 2. The van der Waals surface area contributed by atoms with E-state index in [1.54, 1.807) is 12.4 Å². The zero-order chi connectivity index (χ0) is 23.8. The summed E-state index contributed by atoms with van der Waals surface area (Å²) in [6.45, 7) is 0.739. The normalized spacial score (nSPS) is 27.4. The molecule has 35 heavy (non-hydrogen) atoms. The van der Waals surface area contributed by atoms with Crippen LogP contribution in [-0.2, 0) is 4.79 Å². The molecule has 2 amide bonds. The number of para-hydroxylation sites is 1. The Balaban J connectivity index is 1.29. The van der Waals surface area contributed by atoms with Crippen LogP contribution in [0.15, 0.2) is 67.0 Å². The third kappa shape index (κ3) is 3.99. The fourth-order valence-corrected chi connectivity index (χ4v) is 6.40. The molecule has 1 saturated carbocycles. The molecule has 0 spiro atoms. The van der Waals surface area contributed by atoms with Gasteiger partial charge in [0.1, 0.15) is 0 Å². The van der Waals surface area contributed by atoms with Gasteiger partial charge in [0.15, 0.2) is 5.82 Å². The summed E-state index contributed by atoms with van der Waals surface area (Å²) < 4.78 is 0. The Hall–Kier alpha value is -3.61. The lowest BCUT2D eigenvalue weighted by Gasteiger charge is -2.42. The number of aromatic amines is 1. The number of rotatable bonds is 4. The number of hydrogen-bond donors (Lipinski definition) is 3. The van der Waals surface area contributed by atoms with E-state index in [9.17, 15) is 9.59 Å². The van der Waals surface area contributed by atoms with Crippen LogP contribution in [0.2, 0.25) is 0 Å². The van der Waals surface area contributed by atoms with Crippen LogP contribution in [0, 0.1) is 11.8 Å². The van der Waals surface area contributed by atoms with E-state index < -0.39 is 0 Å². The number of fused-ring (bicyclic) bond motifs is 3. The molecule has 3 aliphatic rings. The molecule has 2 fully saturated rings. The minimum absolute atomic E-state index is 0.0357. The van der Waals surface area contributed by atoms with Crippen LogP contribution >= 0.6 is 0 Å². The molecule has 3 N–H and O–H groups in total. The van der Waals surface area contributed by atoms with Crippen LogP contribution in [-0.4, -0.2) is 39.3 Å². The van der Waals surface area contributed by atoms with Gasteiger partial charge in [-0.1, -0.05) is 61.4 Å². The van der Waals surface area contributed by atoms with Crippen molar-refractivity contribution in [3.05, 3.63) is 83.9 Å². The molecule has 5 atom stereocenters. The van der Waals surface area contributed by atoms with Gasteiger partial charge < -0.3 is 20.5 Å². The van der Waals surface area contributed by atoms with Crippen molar-refractivity contribution in [2.24, 2.45) is 11.8 Å². The second kappa shape index (κ2) is 9.21. The second-order valence-electron chi connectivity index (χ2n) is 9.96. The highest BCUT2D eigenvalue weighted by Gasteiger charge is 2.48. The number of amides is 2. The maximum atomic E-state index is 14.1. The number of aromatic nitrogens is 2. The Kier molecular flexibility index (Phi) is 5.76. The summed E-state index contributed by atoms with van der Waals surface area (Å²) in [5.41, 5.74) is 3.56. The molecule has 0 unspecified atom stereocenters. The molecule has 0 bridgehead atoms. The number of carbonyl (C=O) groups is 2. The summed E-state index contributed by atoms with van der Waals surface area (Å²) in [6, 6.07) is 19.0. The summed E-state index contributed by atoms with van der Waals surface area (Å²) >= 11 is 0. The van der Waals surface area contributed by atoms with Crippen LogP contribution in [0.1, 0.15) is 65.9 Å². The van der Waals surface area contributed by atoms with Crippen molar-refractivity contribution < 1.29 is 9.59 Å². The van der Waals surface area contributed by atoms with E-state index in [0.717, 1.165) is 44.3 Å². The van der Waals surface area contributed by atoms with Crippen molar-refractivity contribution in [2.75, 3.05) is 11.9 Å². The fourth-order valence-electron chi connectivity index (χ4n) is 6.40. The van der Waals surface area contributed by atoms with Crippen molar-refractivity contribution in [3.8, 4) is 0 Å². The monoisotopic (exact) mass is 469 g/mol. The van der Waals surface area contributed by atoms with Gasteiger partial charge in [0, 0.05) is 36.6 Å². The molecule has 2 aromatic carbocycles. The SMILES string of the molecule is O=C(N[C@@H]1CCCC[C@@H]1C(=O)N1CC[C@@H]2[C@H](c3ccccc3)Nc3ccccc3[C@@H]21)c1ncc[nH]1. The fraction of sp³-hybridized carbons (Fsp3) is 0.393. The van der Waals surface area contributed by atoms with E-state index >= 15 is 0 Å². The molecule has 180 valence electrons. The highest BCUT2D eigenvalue weighted by atomic mass is 16.2. The Bertz CT molecular complexity index is 1200. The number of carbonyl (C=O) groups excluding carboxylic acids is 2. The number of hydrogen-bond acceptors (Lipinski definition) is 4. The van der Waals surface area contributed by atoms with Crippen LogP contribution in [0.5, 0.6) is 0 Å². The average molecular weight is 470 g/mol. The zero-order valence-corrected chi connectivity index (χ0v) is 19.7. The minimum Gasteiger partial charge on any atom is -0.378 e. The topological polar surface area (TPSA) is 90.1 Å². The van der Waals surface area contributed by atoms with Gasteiger partial charge >= 0.3 is 0 Å². The van der Waals surface area contributed by atoms with Gasteiger partial charge in [0.25, 0.3) is 5.91 Å². The first kappa shape index (κ1) is 21.9. The predicted molar refractivity (Wildman–Crippen MR) is 134 cm³/mol. The molecule has 1 aliphatic carbocycles. The molecular weight excluding hydrogens is 438 g/mol. The smallest absolute Gasteiger partial charge is 0.287 e. The number of likely N-dealkylation sites (tertiary alicyclic amines) is 1. The number of nitrogens with one attached hydrogen (secondary N) is 3. The molecule has 3 heterocycles. The largest absolute Gasteiger partial charge is 0.378 e. The van der Waals surface area contributed by atoms with E-state index in [-0.39, 0.29) is 35.9 Å². The van der Waals surface area contributed by atoms with Gasteiger partial charge in [-0.25, -0.2) is 4.98 Å². The first-order valence-corrected chi connectivity index (χ1v) is 12.7. The Morgan fingerprint density at radius 1 is 0.971 bits per heavy atom. The van der Waals surface area contributed by atoms with Crippen LogP contribution in [0.25, 0.3) is 0 Å². The average Bonchev–Trinajstić information content (AvgIpc) is 3.60. The van der Waals surface area contributed by atoms with E-state index in [2.05, 4.69) is 74.0 Å². The lowest BCUT2D eigenvalue weighted by Crippen LogP contribution is -2.50. The van der Waals surface area contributed by atoms with Gasteiger partial charge in [-0.2, -0.15) is 0 Å². The first-order chi connectivity index (χ1) is 17.2. The first-order valence-electron chi connectivity index (χ1n) is 12.7. The molecule has 3 aromatic rings. The van der Waals surface area contributed by atoms with Crippen LogP contribution < -0.4 is 10.6 Å². The molecule has 0 radical (unpaired) electrons. The van der Waals surface area contributed by atoms with Gasteiger partial charge in [-0.15, -0.1) is 0 Å². The predicted octanol–water partition coefficient (Wildman–Crippen LogP) is 4.45. The number of benzene rings is 2. The second-order valence-corrected chi connectivity index (χ2v) is 9.96. The lowest BCUT2D eigenvalue weighted by atomic mass is 9.79. The van der Waals surface area contributed by atoms with E-state index in [1.165, 1.54) is 11.1 Å². The van der Waals surface area contributed by atoms with Gasteiger partial charge in [0.2, 0.25) is 5.91 Å². The maximum Gasteiger partial charge on any atom is 0.287 e. The third-order valence-electron chi connectivity index (χ3n) is 8.02.